The van der Waals surface area contributed by atoms with Gasteiger partial charge in [0.1, 0.15) is 5.75 Å². The molecule has 1 aliphatic carbocycles. The van der Waals surface area contributed by atoms with Crippen LogP contribution in [0.3, 0.4) is 0 Å². The average Bonchev–Trinajstić information content (AvgIpc) is 3.09. The quantitative estimate of drug-likeness (QED) is 0.578. The van der Waals surface area contributed by atoms with Crippen molar-refractivity contribution in [3.63, 3.8) is 0 Å². The standard InChI is InChI=1S/C26H27N3O/c1-30-26-10-5-3-8-22(26)25-18-27-15-6-16-29(25)20-13-11-19(12-14-20)23-17-28-24-9-4-2-7-21(23)24/h2-10,15-20,28H,11-14H2,1H3. The molecule has 0 saturated heterocycles. The first-order valence-corrected chi connectivity index (χ1v) is 10.7. The maximum atomic E-state index is 5.64. The van der Waals surface area contributed by atoms with Crippen molar-refractivity contribution in [3.05, 3.63) is 84.3 Å². The molecule has 30 heavy (non-hydrogen) atoms. The Morgan fingerprint density at radius 1 is 1.00 bits per heavy atom. The van der Waals surface area contributed by atoms with Gasteiger partial charge in [-0.15, -0.1) is 0 Å². The number of rotatable bonds is 4. The first-order valence-electron chi connectivity index (χ1n) is 10.7. The molecule has 0 unspecified atom stereocenters. The number of nitrogens with zero attached hydrogens (tertiary/aromatic N) is 2. The minimum Gasteiger partial charge on any atom is -0.496 e. The lowest BCUT2D eigenvalue weighted by atomic mass is 9.81. The molecule has 2 heterocycles. The van der Waals surface area contributed by atoms with Crippen molar-refractivity contribution in [1.82, 2.24) is 9.88 Å². The van der Waals surface area contributed by atoms with E-state index in [1.165, 1.54) is 29.3 Å². The molecule has 0 spiro atoms. The highest BCUT2D eigenvalue weighted by atomic mass is 16.5. The van der Waals surface area contributed by atoms with Crippen molar-refractivity contribution >= 4 is 22.8 Å². The molecule has 0 radical (unpaired) electrons. The van der Waals surface area contributed by atoms with E-state index in [0.29, 0.717) is 12.0 Å². The lowest BCUT2D eigenvalue weighted by Crippen LogP contribution is -2.33. The van der Waals surface area contributed by atoms with Gasteiger partial charge in [-0.05, 0) is 61.4 Å². The SMILES string of the molecule is COc1ccccc1C1=CN=CC=CN1C1CCC(c2c[nH]c3ccccc23)CC1. The van der Waals surface area contributed by atoms with Gasteiger partial charge in [0.2, 0.25) is 0 Å². The van der Waals surface area contributed by atoms with E-state index in [1.54, 1.807) is 7.11 Å². The van der Waals surface area contributed by atoms with Crippen LogP contribution in [-0.4, -0.2) is 29.3 Å². The minimum absolute atomic E-state index is 0.459. The number of para-hydroxylation sites is 2. The Kier molecular flexibility index (Phi) is 5.14. The topological polar surface area (TPSA) is 40.6 Å². The summed E-state index contributed by atoms with van der Waals surface area (Å²) in [4.78, 5) is 10.3. The van der Waals surface area contributed by atoms with E-state index in [1.807, 2.05) is 30.6 Å². The average molecular weight is 398 g/mol. The Balaban J connectivity index is 1.38. The monoisotopic (exact) mass is 397 g/mol. The Bertz CT molecular complexity index is 1120. The van der Waals surface area contributed by atoms with Crippen molar-refractivity contribution in [2.75, 3.05) is 7.11 Å². The molecule has 4 nitrogen and oxygen atoms in total. The zero-order chi connectivity index (χ0) is 20.3. The number of aliphatic imine (C=N–C) groups is 1. The molecule has 0 amide bonds. The summed E-state index contributed by atoms with van der Waals surface area (Å²) in [6.07, 6.45) is 14.9. The van der Waals surface area contributed by atoms with E-state index >= 15 is 0 Å². The normalized spacial score (nSPS) is 21.5. The van der Waals surface area contributed by atoms with Crippen molar-refractivity contribution in [2.45, 2.75) is 37.6 Å². The fourth-order valence-electron chi connectivity index (χ4n) is 4.92. The number of H-pyrrole nitrogens is 1. The zero-order valence-corrected chi connectivity index (χ0v) is 17.3. The summed E-state index contributed by atoms with van der Waals surface area (Å²) in [5.74, 6) is 1.50. The third-order valence-electron chi connectivity index (χ3n) is 6.43. The summed E-state index contributed by atoms with van der Waals surface area (Å²) in [5, 5.41) is 1.37. The molecular weight excluding hydrogens is 370 g/mol. The molecule has 2 aliphatic rings. The van der Waals surface area contributed by atoms with Crippen LogP contribution in [0.25, 0.3) is 16.6 Å². The van der Waals surface area contributed by atoms with Crippen molar-refractivity contribution in [1.29, 1.82) is 0 Å². The first kappa shape index (κ1) is 18.7. The Labute approximate surface area is 177 Å². The lowest BCUT2D eigenvalue weighted by molar-refractivity contribution is 0.270. The molecular formula is C26H27N3O. The van der Waals surface area contributed by atoms with E-state index in [9.17, 15) is 0 Å². The van der Waals surface area contributed by atoms with Crippen LogP contribution in [0, 0.1) is 0 Å². The van der Waals surface area contributed by atoms with Crippen molar-refractivity contribution in [3.8, 4) is 5.75 Å². The van der Waals surface area contributed by atoms with Crippen LogP contribution in [0.2, 0.25) is 0 Å². The van der Waals surface area contributed by atoms with Gasteiger partial charge in [-0.1, -0.05) is 30.3 Å². The number of ether oxygens (including phenoxy) is 1. The van der Waals surface area contributed by atoms with Gasteiger partial charge in [-0.3, -0.25) is 4.99 Å². The second kappa shape index (κ2) is 8.23. The molecule has 4 heteroatoms. The third-order valence-corrected chi connectivity index (χ3v) is 6.43. The molecule has 5 rings (SSSR count). The zero-order valence-electron chi connectivity index (χ0n) is 17.3. The number of fused-ring (bicyclic) bond motifs is 1. The largest absolute Gasteiger partial charge is 0.496 e. The smallest absolute Gasteiger partial charge is 0.128 e. The molecule has 3 aromatic rings. The maximum Gasteiger partial charge on any atom is 0.128 e. The summed E-state index contributed by atoms with van der Waals surface area (Å²) < 4.78 is 5.64. The number of allylic oxidation sites excluding steroid dienone is 1. The van der Waals surface area contributed by atoms with E-state index in [2.05, 4.69) is 63.7 Å². The van der Waals surface area contributed by atoms with Crippen LogP contribution in [0.5, 0.6) is 5.75 Å². The fraction of sp³-hybridized carbons (Fsp3) is 0.269. The Morgan fingerprint density at radius 3 is 2.67 bits per heavy atom. The molecule has 1 aliphatic heterocycles. The van der Waals surface area contributed by atoms with Crippen molar-refractivity contribution < 1.29 is 4.74 Å². The Morgan fingerprint density at radius 2 is 1.80 bits per heavy atom. The van der Waals surface area contributed by atoms with Crippen LogP contribution < -0.4 is 4.74 Å². The molecule has 2 aromatic carbocycles. The van der Waals surface area contributed by atoms with Crippen LogP contribution in [0.15, 0.2) is 78.2 Å². The fourth-order valence-corrected chi connectivity index (χ4v) is 4.92. The predicted octanol–water partition coefficient (Wildman–Crippen LogP) is 6.10. The van der Waals surface area contributed by atoms with E-state index < -0.39 is 0 Å². The van der Waals surface area contributed by atoms with Crippen LogP contribution in [-0.2, 0) is 0 Å². The van der Waals surface area contributed by atoms with Gasteiger partial charge in [0, 0.05) is 41.1 Å². The Hall–Kier alpha value is -3.27. The van der Waals surface area contributed by atoms with Gasteiger partial charge in [0.25, 0.3) is 0 Å². The van der Waals surface area contributed by atoms with Gasteiger partial charge in [0.15, 0.2) is 0 Å². The molecule has 1 N–H and O–H groups in total. The van der Waals surface area contributed by atoms with Gasteiger partial charge < -0.3 is 14.6 Å². The first-order chi connectivity index (χ1) is 14.8. The van der Waals surface area contributed by atoms with E-state index in [0.717, 1.165) is 29.9 Å². The summed E-state index contributed by atoms with van der Waals surface area (Å²) >= 11 is 0. The third kappa shape index (κ3) is 3.43. The molecule has 152 valence electrons. The number of aromatic amines is 1. The number of benzene rings is 2. The van der Waals surface area contributed by atoms with Gasteiger partial charge in [-0.25, -0.2) is 0 Å². The predicted molar refractivity (Wildman–Crippen MR) is 124 cm³/mol. The van der Waals surface area contributed by atoms with Crippen LogP contribution in [0.1, 0.15) is 42.7 Å². The summed E-state index contributed by atoms with van der Waals surface area (Å²) in [7, 11) is 1.73. The highest BCUT2D eigenvalue weighted by Gasteiger charge is 2.29. The van der Waals surface area contributed by atoms with E-state index in [4.69, 9.17) is 4.74 Å². The van der Waals surface area contributed by atoms with E-state index in [-0.39, 0.29) is 0 Å². The number of methoxy groups -OCH3 is 1. The van der Waals surface area contributed by atoms with Gasteiger partial charge in [0.05, 0.1) is 19.0 Å². The summed E-state index contributed by atoms with van der Waals surface area (Å²) in [6, 6.07) is 17.3. The lowest BCUT2D eigenvalue weighted by Gasteiger charge is -2.37. The highest BCUT2D eigenvalue weighted by Crippen LogP contribution is 2.40. The molecule has 0 bridgehead atoms. The molecule has 1 aromatic heterocycles. The second-order valence-corrected chi connectivity index (χ2v) is 8.06. The summed E-state index contributed by atoms with van der Waals surface area (Å²) in [6.45, 7) is 0. The molecule has 1 fully saturated rings. The summed E-state index contributed by atoms with van der Waals surface area (Å²) in [5.41, 5.74) is 4.90. The number of hydrogen-bond donors (Lipinski definition) is 1. The van der Waals surface area contributed by atoms with Crippen LogP contribution >= 0.6 is 0 Å². The molecule has 1 saturated carbocycles. The second-order valence-electron chi connectivity index (χ2n) is 8.06. The van der Waals surface area contributed by atoms with Crippen molar-refractivity contribution in [2.24, 2.45) is 4.99 Å². The number of hydrogen-bond acceptors (Lipinski definition) is 3. The molecule has 0 atom stereocenters. The van der Waals surface area contributed by atoms with Crippen LogP contribution in [0.4, 0.5) is 0 Å². The maximum absolute atomic E-state index is 5.64. The number of nitrogens with one attached hydrogen (secondary N) is 1. The van der Waals surface area contributed by atoms with Gasteiger partial charge in [-0.2, -0.15) is 0 Å². The number of aromatic nitrogens is 1. The highest BCUT2D eigenvalue weighted by molar-refractivity contribution is 5.83. The minimum atomic E-state index is 0.459. The van der Waals surface area contributed by atoms with Gasteiger partial charge >= 0.3 is 0 Å².